The number of benzene rings is 3. The molecule has 0 unspecified atom stereocenters. The van der Waals surface area contributed by atoms with Crippen LogP contribution in [0.4, 0.5) is 5.13 Å². The van der Waals surface area contributed by atoms with Crippen molar-refractivity contribution in [3.05, 3.63) is 64.6 Å². The Morgan fingerprint density at radius 1 is 1.08 bits per heavy atom. The van der Waals surface area contributed by atoms with Crippen LogP contribution in [0.5, 0.6) is 5.75 Å². The summed E-state index contributed by atoms with van der Waals surface area (Å²) in [7, 11) is 0. The van der Waals surface area contributed by atoms with Crippen LogP contribution in [0, 0.1) is 0 Å². The first-order chi connectivity index (χ1) is 12.6. The zero-order valence-corrected chi connectivity index (χ0v) is 15.7. The highest BCUT2D eigenvalue weighted by Crippen LogP contribution is 2.35. The van der Waals surface area contributed by atoms with Crippen LogP contribution in [0.15, 0.2) is 54.6 Å². The highest BCUT2D eigenvalue weighted by molar-refractivity contribution is 7.22. The number of aromatic nitrogens is 1. The minimum Gasteiger partial charge on any atom is -0.484 e. The molecule has 4 nitrogen and oxygen atoms in total. The van der Waals surface area contributed by atoms with Crippen LogP contribution in [0.25, 0.3) is 21.0 Å². The van der Waals surface area contributed by atoms with Gasteiger partial charge < -0.3 is 4.74 Å². The molecular weight excluding hydrogens is 391 g/mol. The Balaban J connectivity index is 1.44. The summed E-state index contributed by atoms with van der Waals surface area (Å²) >= 11 is 13.5. The zero-order valence-electron chi connectivity index (χ0n) is 13.3. The van der Waals surface area contributed by atoms with Gasteiger partial charge in [-0.3, -0.25) is 10.1 Å². The first-order valence-electron chi connectivity index (χ1n) is 7.76. The third kappa shape index (κ3) is 3.46. The number of nitrogens with one attached hydrogen (secondary N) is 1. The van der Waals surface area contributed by atoms with Gasteiger partial charge in [0, 0.05) is 0 Å². The Labute approximate surface area is 163 Å². The molecule has 0 fully saturated rings. The van der Waals surface area contributed by atoms with Gasteiger partial charge in [0.1, 0.15) is 11.3 Å². The molecule has 0 saturated carbocycles. The molecule has 26 heavy (non-hydrogen) atoms. The Kier molecular flexibility index (Phi) is 4.68. The van der Waals surface area contributed by atoms with Gasteiger partial charge in [0.2, 0.25) is 0 Å². The summed E-state index contributed by atoms with van der Waals surface area (Å²) in [6.07, 6.45) is 0. The van der Waals surface area contributed by atoms with E-state index in [2.05, 4.69) is 10.3 Å². The van der Waals surface area contributed by atoms with E-state index in [4.69, 9.17) is 27.9 Å². The zero-order chi connectivity index (χ0) is 18.1. The van der Waals surface area contributed by atoms with Gasteiger partial charge in [-0.15, -0.1) is 0 Å². The maximum atomic E-state index is 12.1. The molecule has 4 aromatic rings. The van der Waals surface area contributed by atoms with E-state index >= 15 is 0 Å². The second-order valence-corrected chi connectivity index (χ2v) is 7.39. The summed E-state index contributed by atoms with van der Waals surface area (Å²) < 4.78 is 6.43. The smallest absolute Gasteiger partial charge is 0.264 e. The maximum Gasteiger partial charge on any atom is 0.264 e. The van der Waals surface area contributed by atoms with Gasteiger partial charge in [-0.1, -0.05) is 64.9 Å². The fraction of sp³-hybridized carbons (Fsp3) is 0.0526. The number of carbonyl (C=O) groups is 1. The molecule has 1 N–H and O–H groups in total. The second-order valence-electron chi connectivity index (χ2n) is 5.57. The van der Waals surface area contributed by atoms with Crippen molar-refractivity contribution in [2.75, 3.05) is 11.9 Å². The average Bonchev–Trinajstić information content (AvgIpc) is 3.06. The molecule has 0 aliphatic rings. The van der Waals surface area contributed by atoms with Gasteiger partial charge >= 0.3 is 0 Å². The van der Waals surface area contributed by atoms with Crippen LogP contribution in [0.3, 0.4) is 0 Å². The Morgan fingerprint density at radius 2 is 1.88 bits per heavy atom. The van der Waals surface area contributed by atoms with Gasteiger partial charge in [-0.05, 0) is 35.0 Å². The second kappa shape index (κ2) is 7.11. The van der Waals surface area contributed by atoms with Crippen molar-refractivity contribution in [3.63, 3.8) is 0 Å². The highest BCUT2D eigenvalue weighted by Gasteiger charge is 2.12. The number of nitrogens with zero attached hydrogens (tertiary/aromatic N) is 1. The molecule has 0 aliphatic carbocycles. The molecule has 1 amide bonds. The number of rotatable bonds is 4. The van der Waals surface area contributed by atoms with Gasteiger partial charge in [-0.25, -0.2) is 4.98 Å². The predicted octanol–water partition coefficient (Wildman–Crippen LogP) is 5.77. The summed E-state index contributed by atoms with van der Waals surface area (Å²) in [6, 6.07) is 17.2. The summed E-state index contributed by atoms with van der Waals surface area (Å²) in [5, 5.41) is 6.18. The predicted molar refractivity (Wildman–Crippen MR) is 108 cm³/mol. The normalized spacial score (nSPS) is 11.0. The number of hydrogen-bond acceptors (Lipinski definition) is 4. The third-order valence-corrected chi connectivity index (χ3v) is 5.52. The summed E-state index contributed by atoms with van der Waals surface area (Å²) in [6.45, 7) is -0.108. The number of thiazole rings is 1. The summed E-state index contributed by atoms with van der Waals surface area (Å²) in [4.78, 5) is 16.5. The topological polar surface area (TPSA) is 51.2 Å². The van der Waals surface area contributed by atoms with E-state index in [-0.39, 0.29) is 12.5 Å². The number of ether oxygens (including phenoxy) is 1. The standard InChI is InChI=1S/C19H12Cl2N2O2S/c20-14-7-8-15-18(17(14)21)23-19(26-15)22-16(24)10-25-13-6-5-11-3-1-2-4-12(11)9-13/h1-9H,10H2,(H,22,23,24). The number of amides is 1. The lowest BCUT2D eigenvalue weighted by atomic mass is 10.1. The van der Waals surface area contributed by atoms with E-state index < -0.39 is 0 Å². The molecule has 0 bridgehead atoms. The van der Waals surface area contributed by atoms with E-state index in [1.54, 1.807) is 6.07 Å². The lowest BCUT2D eigenvalue weighted by Crippen LogP contribution is -2.19. The molecule has 0 saturated heterocycles. The largest absolute Gasteiger partial charge is 0.484 e. The third-order valence-electron chi connectivity index (χ3n) is 3.79. The van der Waals surface area contributed by atoms with E-state index in [0.717, 1.165) is 15.5 Å². The van der Waals surface area contributed by atoms with Gasteiger partial charge in [0.25, 0.3) is 5.91 Å². The highest BCUT2D eigenvalue weighted by atomic mass is 35.5. The first kappa shape index (κ1) is 17.1. The van der Waals surface area contributed by atoms with Crippen LogP contribution < -0.4 is 10.1 Å². The van der Waals surface area contributed by atoms with Crippen molar-refractivity contribution >= 4 is 66.6 Å². The average molecular weight is 403 g/mol. The Morgan fingerprint density at radius 3 is 2.73 bits per heavy atom. The Hall–Kier alpha value is -2.34. The van der Waals surface area contributed by atoms with E-state index in [1.165, 1.54) is 11.3 Å². The van der Waals surface area contributed by atoms with Crippen LogP contribution >= 0.6 is 34.5 Å². The van der Waals surface area contributed by atoms with Crippen molar-refractivity contribution < 1.29 is 9.53 Å². The number of fused-ring (bicyclic) bond motifs is 2. The molecule has 1 aromatic heterocycles. The lowest BCUT2D eigenvalue weighted by Gasteiger charge is -2.07. The molecule has 0 radical (unpaired) electrons. The van der Waals surface area contributed by atoms with Gasteiger partial charge in [0.15, 0.2) is 11.7 Å². The molecule has 4 rings (SSSR count). The minimum absolute atomic E-state index is 0.108. The number of halogens is 2. The first-order valence-corrected chi connectivity index (χ1v) is 9.33. The van der Waals surface area contributed by atoms with Crippen molar-refractivity contribution in [1.29, 1.82) is 0 Å². The minimum atomic E-state index is -0.292. The molecule has 0 aliphatic heterocycles. The number of anilines is 1. The lowest BCUT2D eigenvalue weighted by molar-refractivity contribution is -0.118. The Bertz CT molecular complexity index is 1130. The molecule has 7 heteroatoms. The molecule has 130 valence electrons. The molecule has 3 aromatic carbocycles. The van der Waals surface area contributed by atoms with Crippen LogP contribution in [-0.4, -0.2) is 17.5 Å². The molecular formula is C19H12Cl2N2O2S. The van der Waals surface area contributed by atoms with Crippen molar-refractivity contribution in [3.8, 4) is 5.75 Å². The monoisotopic (exact) mass is 402 g/mol. The van der Waals surface area contributed by atoms with E-state index in [1.807, 2.05) is 48.5 Å². The quantitative estimate of drug-likeness (QED) is 0.470. The van der Waals surface area contributed by atoms with Crippen LogP contribution in [0.2, 0.25) is 10.0 Å². The fourth-order valence-corrected chi connectivity index (χ4v) is 3.86. The van der Waals surface area contributed by atoms with Crippen LogP contribution in [0.1, 0.15) is 0 Å². The summed E-state index contributed by atoms with van der Waals surface area (Å²) in [5.74, 6) is 0.345. The number of hydrogen-bond donors (Lipinski definition) is 1. The fourth-order valence-electron chi connectivity index (χ4n) is 2.55. The number of carbonyl (C=O) groups excluding carboxylic acids is 1. The van der Waals surface area contributed by atoms with E-state index in [0.29, 0.717) is 26.4 Å². The summed E-state index contributed by atoms with van der Waals surface area (Å²) in [5.41, 5.74) is 0.579. The van der Waals surface area contributed by atoms with Gasteiger partial charge in [-0.2, -0.15) is 0 Å². The van der Waals surface area contributed by atoms with Gasteiger partial charge in [0.05, 0.1) is 14.7 Å². The van der Waals surface area contributed by atoms with Crippen molar-refractivity contribution in [1.82, 2.24) is 4.98 Å². The van der Waals surface area contributed by atoms with Crippen molar-refractivity contribution in [2.45, 2.75) is 0 Å². The molecule has 0 atom stereocenters. The SMILES string of the molecule is O=C(COc1ccc2ccccc2c1)Nc1nc2c(Cl)c(Cl)ccc2s1. The van der Waals surface area contributed by atoms with Crippen molar-refractivity contribution in [2.24, 2.45) is 0 Å². The molecule has 1 heterocycles. The molecule has 0 spiro atoms. The maximum absolute atomic E-state index is 12.1. The van der Waals surface area contributed by atoms with E-state index in [9.17, 15) is 4.79 Å². The van der Waals surface area contributed by atoms with Crippen LogP contribution in [-0.2, 0) is 4.79 Å².